The molecule has 1 saturated heterocycles. The number of amides is 2. The minimum atomic E-state index is -0.142. The Morgan fingerprint density at radius 2 is 1.78 bits per heavy atom. The van der Waals surface area contributed by atoms with Crippen LogP contribution in [0.3, 0.4) is 0 Å². The van der Waals surface area contributed by atoms with E-state index in [2.05, 4.69) is 0 Å². The van der Waals surface area contributed by atoms with Crippen molar-refractivity contribution in [2.24, 2.45) is 0 Å². The van der Waals surface area contributed by atoms with E-state index >= 15 is 0 Å². The lowest BCUT2D eigenvalue weighted by atomic mass is 10.2. The van der Waals surface area contributed by atoms with Gasteiger partial charge in [-0.15, -0.1) is 0 Å². The normalized spacial score (nSPS) is 17.3. The average Bonchev–Trinajstić information content (AvgIpc) is 2.69. The SMILES string of the molecule is CC(CN1C(=O)CCC1=O)OCc1ccccc1. The second kappa shape index (κ2) is 5.78. The van der Waals surface area contributed by atoms with Gasteiger partial charge >= 0.3 is 0 Å². The van der Waals surface area contributed by atoms with E-state index in [9.17, 15) is 9.59 Å². The topological polar surface area (TPSA) is 46.6 Å². The molecule has 1 aromatic rings. The Morgan fingerprint density at radius 1 is 1.17 bits per heavy atom. The van der Waals surface area contributed by atoms with E-state index in [1.165, 1.54) is 4.90 Å². The van der Waals surface area contributed by atoms with E-state index in [0.29, 0.717) is 26.0 Å². The zero-order chi connectivity index (χ0) is 13.0. The van der Waals surface area contributed by atoms with Crippen molar-refractivity contribution in [2.75, 3.05) is 6.54 Å². The molecule has 0 radical (unpaired) electrons. The highest BCUT2D eigenvalue weighted by atomic mass is 16.5. The van der Waals surface area contributed by atoms with Gasteiger partial charge in [0, 0.05) is 12.8 Å². The van der Waals surface area contributed by atoms with E-state index < -0.39 is 0 Å². The molecule has 1 aliphatic heterocycles. The molecule has 1 atom stereocenters. The zero-order valence-electron chi connectivity index (χ0n) is 10.5. The molecule has 1 unspecified atom stereocenters. The van der Waals surface area contributed by atoms with Gasteiger partial charge in [0.15, 0.2) is 0 Å². The van der Waals surface area contributed by atoms with E-state index in [-0.39, 0.29) is 17.9 Å². The Kier molecular flexibility index (Phi) is 4.10. The highest BCUT2D eigenvalue weighted by molar-refractivity contribution is 6.01. The van der Waals surface area contributed by atoms with Crippen LogP contribution in [0.4, 0.5) is 0 Å². The van der Waals surface area contributed by atoms with Crippen molar-refractivity contribution in [3.8, 4) is 0 Å². The fraction of sp³-hybridized carbons (Fsp3) is 0.429. The molecule has 0 aliphatic carbocycles. The predicted octanol–water partition coefficient (Wildman–Crippen LogP) is 1.74. The quantitative estimate of drug-likeness (QED) is 0.745. The second-order valence-electron chi connectivity index (χ2n) is 4.51. The van der Waals surface area contributed by atoms with Crippen LogP contribution in [-0.4, -0.2) is 29.4 Å². The molecule has 1 fully saturated rings. The molecular formula is C14H17NO3. The van der Waals surface area contributed by atoms with Gasteiger partial charge in [0.1, 0.15) is 0 Å². The minimum absolute atomic E-state index is 0.0878. The predicted molar refractivity (Wildman–Crippen MR) is 66.6 cm³/mol. The maximum absolute atomic E-state index is 11.4. The number of benzene rings is 1. The number of rotatable bonds is 5. The maximum atomic E-state index is 11.4. The van der Waals surface area contributed by atoms with Crippen LogP contribution in [0.2, 0.25) is 0 Å². The summed E-state index contributed by atoms with van der Waals surface area (Å²) < 4.78 is 5.64. The van der Waals surface area contributed by atoms with Crippen LogP contribution in [-0.2, 0) is 20.9 Å². The van der Waals surface area contributed by atoms with Gasteiger partial charge in [0.05, 0.1) is 19.3 Å². The first-order chi connectivity index (χ1) is 8.66. The fourth-order valence-electron chi connectivity index (χ4n) is 1.95. The third-order valence-corrected chi connectivity index (χ3v) is 2.97. The number of imide groups is 1. The monoisotopic (exact) mass is 247 g/mol. The highest BCUT2D eigenvalue weighted by Crippen LogP contribution is 2.13. The molecule has 4 heteroatoms. The molecule has 0 spiro atoms. The van der Waals surface area contributed by atoms with Gasteiger partial charge in [-0.05, 0) is 12.5 Å². The van der Waals surface area contributed by atoms with Crippen molar-refractivity contribution in [3.05, 3.63) is 35.9 Å². The van der Waals surface area contributed by atoms with Gasteiger partial charge in [0.2, 0.25) is 11.8 Å². The lowest BCUT2D eigenvalue weighted by molar-refractivity contribution is -0.140. The van der Waals surface area contributed by atoms with E-state index in [4.69, 9.17) is 4.74 Å². The third kappa shape index (κ3) is 3.17. The smallest absolute Gasteiger partial charge is 0.229 e. The number of nitrogens with zero attached hydrogens (tertiary/aromatic N) is 1. The van der Waals surface area contributed by atoms with Crippen LogP contribution in [0.15, 0.2) is 30.3 Å². The zero-order valence-corrected chi connectivity index (χ0v) is 10.5. The Hall–Kier alpha value is -1.68. The number of likely N-dealkylation sites (tertiary alicyclic amines) is 1. The van der Waals surface area contributed by atoms with Crippen LogP contribution in [0.1, 0.15) is 25.3 Å². The summed E-state index contributed by atoms with van der Waals surface area (Å²) in [5, 5.41) is 0. The number of carbonyl (C=O) groups excluding carboxylic acids is 2. The van der Waals surface area contributed by atoms with Gasteiger partial charge in [-0.2, -0.15) is 0 Å². The summed E-state index contributed by atoms with van der Waals surface area (Å²) in [5.74, 6) is -0.176. The van der Waals surface area contributed by atoms with E-state index in [1.54, 1.807) is 0 Å². The third-order valence-electron chi connectivity index (χ3n) is 2.97. The first-order valence-electron chi connectivity index (χ1n) is 6.15. The first kappa shape index (κ1) is 12.8. The lowest BCUT2D eigenvalue weighted by Crippen LogP contribution is -2.36. The van der Waals surface area contributed by atoms with E-state index in [0.717, 1.165) is 5.56 Å². The van der Waals surface area contributed by atoms with Crippen molar-refractivity contribution >= 4 is 11.8 Å². The summed E-state index contributed by atoms with van der Waals surface area (Å²) in [6, 6.07) is 9.83. The summed E-state index contributed by atoms with van der Waals surface area (Å²) >= 11 is 0. The first-order valence-corrected chi connectivity index (χ1v) is 6.15. The molecule has 1 aromatic carbocycles. The van der Waals surface area contributed by atoms with Gasteiger partial charge in [-0.25, -0.2) is 0 Å². The molecule has 0 N–H and O–H groups in total. The Bertz CT molecular complexity index is 414. The summed E-state index contributed by atoms with van der Waals surface area (Å²) in [7, 11) is 0. The van der Waals surface area contributed by atoms with Crippen LogP contribution in [0.5, 0.6) is 0 Å². The highest BCUT2D eigenvalue weighted by Gasteiger charge is 2.29. The van der Waals surface area contributed by atoms with Gasteiger partial charge in [-0.1, -0.05) is 30.3 Å². The minimum Gasteiger partial charge on any atom is -0.372 e. The van der Waals surface area contributed by atoms with Crippen LogP contribution < -0.4 is 0 Å². The van der Waals surface area contributed by atoms with Crippen molar-refractivity contribution in [1.82, 2.24) is 4.90 Å². The molecule has 2 rings (SSSR count). The van der Waals surface area contributed by atoms with Crippen molar-refractivity contribution in [1.29, 1.82) is 0 Å². The summed E-state index contributed by atoms with van der Waals surface area (Å²) in [4.78, 5) is 24.2. The van der Waals surface area contributed by atoms with Crippen molar-refractivity contribution in [3.63, 3.8) is 0 Å². The molecule has 1 heterocycles. The standard InChI is InChI=1S/C14H17NO3/c1-11(9-15-13(16)7-8-14(15)17)18-10-12-5-3-2-4-6-12/h2-6,11H,7-10H2,1H3. The van der Waals surface area contributed by atoms with Crippen LogP contribution in [0.25, 0.3) is 0 Å². The van der Waals surface area contributed by atoms with Gasteiger partial charge in [0.25, 0.3) is 0 Å². The summed E-state index contributed by atoms with van der Waals surface area (Å²) in [6.07, 6.45) is 0.533. The molecule has 96 valence electrons. The largest absolute Gasteiger partial charge is 0.372 e. The van der Waals surface area contributed by atoms with Gasteiger partial charge < -0.3 is 4.74 Å². The molecule has 2 amide bonds. The number of carbonyl (C=O) groups is 2. The molecule has 0 saturated carbocycles. The summed E-state index contributed by atoms with van der Waals surface area (Å²) in [6.45, 7) is 2.73. The molecule has 0 bridgehead atoms. The molecular weight excluding hydrogens is 230 g/mol. The lowest BCUT2D eigenvalue weighted by Gasteiger charge is -2.19. The molecule has 0 aromatic heterocycles. The summed E-state index contributed by atoms with van der Waals surface area (Å²) in [5.41, 5.74) is 1.09. The number of hydrogen-bond donors (Lipinski definition) is 0. The fourth-order valence-corrected chi connectivity index (χ4v) is 1.95. The molecule has 4 nitrogen and oxygen atoms in total. The second-order valence-corrected chi connectivity index (χ2v) is 4.51. The van der Waals surface area contributed by atoms with Gasteiger partial charge in [-0.3, -0.25) is 14.5 Å². The Balaban J connectivity index is 1.80. The molecule has 1 aliphatic rings. The Morgan fingerprint density at radius 3 is 2.39 bits per heavy atom. The Labute approximate surface area is 107 Å². The van der Waals surface area contributed by atoms with Crippen LogP contribution in [0, 0.1) is 0 Å². The average molecular weight is 247 g/mol. The number of hydrogen-bond acceptors (Lipinski definition) is 3. The van der Waals surface area contributed by atoms with E-state index in [1.807, 2.05) is 37.3 Å². The molecule has 18 heavy (non-hydrogen) atoms. The van der Waals surface area contributed by atoms with Crippen molar-refractivity contribution < 1.29 is 14.3 Å². The maximum Gasteiger partial charge on any atom is 0.229 e. The van der Waals surface area contributed by atoms with Crippen molar-refractivity contribution in [2.45, 2.75) is 32.5 Å². The van der Waals surface area contributed by atoms with Crippen LogP contribution >= 0.6 is 0 Å². The number of ether oxygens (including phenoxy) is 1.